The predicted octanol–water partition coefficient (Wildman–Crippen LogP) is 1.75. The number of phenols is 1. The molecule has 1 saturated heterocycles. The maximum Gasteiger partial charge on any atom is 0.237 e. The number of fused-ring (bicyclic) bond motifs is 3. The van der Waals surface area contributed by atoms with Gasteiger partial charge < -0.3 is 36.8 Å². The SMILES string of the molecule is CC(C)[C@H]1C(O)[C@@H](C(N)=O)C(=O)[C@]2(O)C(O)[C@H]3C(=O)c4c(O)c(CNC(=O)C5CCCN5)cc(-c5ccc(F)cc5)c4C[C@]3(C)C[C@]12C. The summed E-state index contributed by atoms with van der Waals surface area (Å²) in [5.74, 6) is -8.58. The lowest BCUT2D eigenvalue weighted by atomic mass is 9.39. The molecular formula is C36H44FN3O8. The summed E-state index contributed by atoms with van der Waals surface area (Å²) < 4.78 is 14.0. The van der Waals surface area contributed by atoms with E-state index in [4.69, 9.17) is 5.73 Å². The highest BCUT2D eigenvalue weighted by molar-refractivity contribution is 6.10. The highest BCUT2D eigenvalue weighted by atomic mass is 19.1. The molecule has 2 amide bonds. The van der Waals surface area contributed by atoms with Crippen LogP contribution in [0.1, 0.15) is 68.4 Å². The van der Waals surface area contributed by atoms with E-state index in [1.54, 1.807) is 45.9 Å². The van der Waals surface area contributed by atoms with Crippen molar-refractivity contribution in [2.24, 2.45) is 40.2 Å². The molecule has 2 aromatic carbocycles. The minimum atomic E-state index is -2.63. The molecule has 1 aliphatic heterocycles. The lowest BCUT2D eigenvalue weighted by molar-refractivity contribution is -0.265. The van der Waals surface area contributed by atoms with E-state index in [2.05, 4.69) is 10.6 Å². The van der Waals surface area contributed by atoms with Crippen molar-refractivity contribution >= 4 is 23.4 Å². The number of ketones is 2. The number of nitrogens with two attached hydrogens (primary N) is 1. The Morgan fingerprint density at radius 1 is 1.15 bits per heavy atom. The fraction of sp³-hybridized carbons (Fsp3) is 0.556. The lowest BCUT2D eigenvalue weighted by Crippen LogP contribution is -2.79. The van der Waals surface area contributed by atoms with Crippen LogP contribution in [0.5, 0.6) is 5.75 Å². The van der Waals surface area contributed by atoms with Crippen LogP contribution in [0.25, 0.3) is 11.1 Å². The Kier molecular flexibility index (Phi) is 8.34. The molecule has 0 bridgehead atoms. The fourth-order valence-electron chi connectivity index (χ4n) is 9.89. The van der Waals surface area contributed by atoms with Gasteiger partial charge in [0.2, 0.25) is 11.8 Å². The monoisotopic (exact) mass is 665 g/mol. The summed E-state index contributed by atoms with van der Waals surface area (Å²) in [7, 11) is 0. The number of primary amides is 1. The predicted molar refractivity (Wildman–Crippen MR) is 172 cm³/mol. The minimum Gasteiger partial charge on any atom is -0.507 e. The molecule has 3 unspecified atom stereocenters. The van der Waals surface area contributed by atoms with Crippen molar-refractivity contribution < 1.29 is 44.0 Å². The van der Waals surface area contributed by atoms with Crippen LogP contribution >= 0.6 is 0 Å². The van der Waals surface area contributed by atoms with Gasteiger partial charge in [-0.15, -0.1) is 0 Å². The number of amides is 2. The summed E-state index contributed by atoms with van der Waals surface area (Å²) in [6, 6.07) is 6.94. The molecule has 3 aliphatic carbocycles. The van der Waals surface area contributed by atoms with Crippen molar-refractivity contribution in [1.29, 1.82) is 0 Å². The summed E-state index contributed by atoms with van der Waals surface area (Å²) in [6.45, 7) is 7.52. The number of hydrogen-bond acceptors (Lipinski definition) is 9. The molecule has 11 nitrogen and oxygen atoms in total. The van der Waals surface area contributed by atoms with E-state index in [1.165, 1.54) is 12.1 Å². The number of rotatable bonds is 6. The third kappa shape index (κ3) is 4.82. The smallest absolute Gasteiger partial charge is 0.237 e. The molecule has 8 N–H and O–H groups in total. The molecule has 1 heterocycles. The zero-order valence-electron chi connectivity index (χ0n) is 27.5. The van der Waals surface area contributed by atoms with Gasteiger partial charge in [0.05, 0.1) is 23.6 Å². The Hall–Kier alpha value is -3.71. The van der Waals surface area contributed by atoms with Gasteiger partial charge in [-0.1, -0.05) is 39.8 Å². The van der Waals surface area contributed by atoms with Gasteiger partial charge in [0.15, 0.2) is 17.2 Å². The van der Waals surface area contributed by atoms with E-state index in [0.29, 0.717) is 29.7 Å². The van der Waals surface area contributed by atoms with Crippen LogP contribution in [0.4, 0.5) is 4.39 Å². The topological polar surface area (TPSA) is 199 Å². The van der Waals surface area contributed by atoms with Gasteiger partial charge in [0, 0.05) is 17.5 Å². The van der Waals surface area contributed by atoms with Crippen molar-refractivity contribution in [3.05, 3.63) is 52.8 Å². The van der Waals surface area contributed by atoms with Gasteiger partial charge in [0.1, 0.15) is 23.6 Å². The number of aliphatic hydroxyl groups is 3. The zero-order valence-corrected chi connectivity index (χ0v) is 27.5. The number of aromatic hydroxyl groups is 1. The normalized spacial score (nSPS) is 35.9. The molecule has 4 aliphatic rings. The first-order chi connectivity index (χ1) is 22.5. The van der Waals surface area contributed by atoms with Crippen LogP contribution < -0.4 is 16.4 Å². The molecule has 12 heteroatoms. The van der Waals surface area contributed by atoms with Crippen LogP contribution in [-0.2, 0) is 27.3 Å². The quantitative estimate of drug-likeness (QED) is 0.225. The lowest BCUT2D eigenvalue weighted by Gasteiger charge is -2.66. The minimum absolute atomic E-state index is 0.00362. The van der Waals surface area contributed by atoms with Gasteiger partial charge in [-0.25, -0.2) is 4.39 Å². The van der Waals surface area contributed by atoms with E-state index in [9.17, 15) is 44.0 Å². The fourth-order valence-corrected chi connectivity index (χ4v) is 9.89. The van der Waals surface area contributed by atoms with Crippen LogP contribution in [0, 0.1) is 40.3 Å². The van der Waals surface area contributed by atoms with E-state index >= 15 is 0 Å². The van der Waals surface area contributed by atoms with Crippen molar-refractivity contribution in [3.8, 4) is 16.9 Å². The van der Waals surface area contributed by atoms with Gasteiger partial charge in [0.25, 0.3) is 0 Å². The van der Waals surface area contributed by atoms with Crippen molar-refractivity contribution in [3.63, 3.8) is 0 Å². The average Bonchev–Trinajstić information content (AvgIpc) is 3.54. The number of aliphatic hydroxyl groups excluding tert-OH is 2. The van der Waals surface area contributed by atoms with Crippen molar-refractivity contribution in [2.45, 2.75) is 83.8 Å². The number of Topliss-reactive ketones (excluding diaryl/α,β-unsaturated/α-hetero) is 2. The Morgan fingerprint density at radius 3 is 2.40 bits per heavy atom. The molecule has 6 rings (SSSR count). The standard InChI is InChI=1S/C36H44FN3O8/c1-16(2)25-29(43)24(32(38)46)30(44)36(48)31(45)26-28(42)23-21(13-34(26,3)15-35(25,36)4)20(17-7-9-19(37)10-8-17)12-18(27(23)41)14-40-33(47)22-6-5-11-39-22/h7-10,12,16,22,24-26,29,31,39,41,43,45,48H,5-6,11,13-15H2,1-4H3,(H2,38,46)(H,40,47)/t22?,24-,25+,26-,29?,31?,34-,35-,36+/m1/s1. The molecule has 0 aromatic heterocycles. The van der Waals surface area contributed by atoms with Crippen LogP contribution in [0.3, 0.4) is 0 Å². The average molecular weight is 666 g/mol. The van der Waals surface area contributed by atoms with Crippen LogP contribution in [0.2, 0.25) is 0 Å². The number of nitrogens with one attached hydrogen (secondary N) is 2. The molecule has 2 aromatic rings. The highest BCUT2D eigenvalue weighted by Crippen LogP contribution is 2.66. The number of halogens is 1. The highest BCUT2D eigenvalue weighted by Gasteiger charge is 2.76. The molecule has 0 radical (unpaired) electrons. The first-order valence-corrected chi connectivity index (χ1v) is 16.6. The summed E-state index contributed by atoms with van der Waals surface area (Å²) in [4.78, 5) is 54.0. The second-order valence-corrected chi connectivity index (χ2v) is 15.1. The molecule has 48 heavy (non-hydrogen) atoms. The first-order valence-electron chi connectivity index (χ1n) is 16.6. The van der Waals surface area contributed by atoms with Crippen LogP contribution in [-0.4, -0.2) is 74.2 Å². The Labute approximate surface area is 278 Å². The number of hydrogen-bond donors (Lipinski definition) is 7. The third-order valence-corrected chi connectivity index (χ3v) is 11.8. The van der Waals surface area contributed by atoms with E-state index < -0.39 is 75.4 Å². The largest absolute Gasteiger partial charge is 0.507 e. The maximum atomic E-state index is 14.7. The number of carbonyl (C=O) groups is 4. The second-order valence-electron chi connectivity index (χ2n) is 15.1. The Balaban J connectivity index is 1.51. The zero-order chi connectivity index (χ0) is 35.1. The van der Waals surface area contributed by atoms with Gasteiger partial charge in [-0.3, -0.25) is 19.2 Å². The number of phenolic OH excluding ortho intramolecular Hbond substituents is 1. The molecule has 3 fully saturated rings. The van der Waals surface area contributed by atoms with Gasteiger partial charge >= 0.3 is 0 Å². The van der Waals surface area contributed by atoms with Crippen molar-refractivity contribution in [2.75, 3.05) is 6.54 Å². The number of benzene rings is 2. The summed E-state index contributed by atoms with van der Waals surface area (Å²) >= 11 is 0. The number of carbonyl (C=O) groups excluding carboxylic acids is 4. The maximum absolute atomic E-state index is 14.7. The van der Waals surface area contributed by atoms with Crippen molar-refractivity contribution in [1.82, 2.24) is 10.6 Å². The van der Waals surface area contributed by atoms with E-state index in [1.807, 2.05) is 0 Å². The Bertz CT molecular complexity index is 1690. The summed E-state index contributed by atoms with van der Waals surface area (Å²) in [6.07, 6.45) is -1.94. The second kappa shape index (κ2) is 11.7. The first kappa shape index (κ1) is 34.2. The van der Waals surface area contributed by atoms with E-state index in [-0.39, 0.29) is 48.4 Å². The Morgan fingerprint density at radius 2 is 1.81 bits per heavy atom. The van der Waals surface area contributed by atoms with E-state index in [0.717, 1.165) is 6.42 Å². The summed E-state index contributed by atoms with van der Waals surface area (Å²) in [5.41, 5.74) is 1.94. The molecule has 9 atom stereocenters. The summed E-state index contributed by atoms with van der Waals surface area (Å²) in [5, 5.41) is 53.5. The molecule has 2 saturated carbocycles. The van der Waals surface area contributed by atoms with Crippen LogP contribution in [0.15, 0.2) is 30.3 Å². The molecular weight excluding hydrogens is 621 g/mol. The van der Waals surface area contributed by atoms with Gasteiger partial charge in [-0.2, -0.15) is 0 Å². The third-order valence-electron chi connectivity index (χ3n) is 11.8. The molecule has 258 valence electrons. The van der Waals surface area contributed by atoms with Gasteiger partial charge in [-0.05, 0) is 84.4 Å². The molecule has 0 spiro atoms.